The zero-order valence-electron chi connectivity index (χ0n) is 22.6. The average molecular weight is 624 g/mol. The van der Waals surface area contributed by atoms with Crippen LogP contribution in [0.15, 0.2) is 81.7 Å². The molecular formula is C31H24Cl2N2O6S. The third-order valence-corrected chi connectivity index (χ3v) is 8.54. The van der Waals surface area contributed by atoms with Gasteiger partial charge in [-0.1, -0.05) is 64.9 Å². The van der Waals surface area contributed by atoms with E-state index in [-0.39, 0.29) is 25.6 Å². The van der Waals surface area contributed by atoms with Gasteiger partial charge in [-0.05, 0) is 61.4 Å². The number of halogens is 2. The van der Waals surface area contributed by atoms with Crippen molar-refractivity contribution < 1.29 is 23.7 Å². The molecule has 6 rings (SSSR count). The normalized spacial score (nSPS) is 15.8. The number of para-hydroxylation sites is 1. The second-order valence-corrected chi connectivity index (χ2v) is 11.3. The zero-order valence-corrected chi connectivity index (χ0v) is 24.9. The van der Waals surface area contributed by atoms with Crippen LogP contribution in [0.3, 0.4) is 0 Å². The van der Waals surface area contributed by atoms with Crippen LogP contribution in [-0.4, -0.2) is 23.9 Å². The minimum Gasteiger partial charge on any atom is -0.488 e. The van der Waals surface area contributed by atoms with Gasteiger partial charge in [0.25, 0.3) is 5.56 Å². The maximum atomic E-state index is 14.0. The Morgan fingerprint density at radius 3 is 2.71 bits per heavy atom. The number of ether oxygens (including phenoxy) is 4. The van der Waals surface area contributed by atoms with Gasteiger partial charge in [0.05, 0.1) is 38.5 Å². The highest BCUT2D eigenvalue weighted by molar-refractivity contribution is 7.07. The molecule has 3 heterocycles. The summed E-state index contributed by atoms with van der Waals surface area (Å²) in [7, 11) is 0. The number of fused-ring (bicyclic) bond motifs is 2. The molecule has 0 saturated heterocycles. The molecule has 8 nitrogen and oxygen atoms in total. The lowest BCUT2D eigenvalue weighted by Crippen LogP contribution is -2.39. The second kappa shape index (κ2) is 11.7. The van der Waals surface area contributed by atoms with E-state index in [2.05, 4.69) is 4.99 Å². The predicted octanol–water partition coefficient (Wildman–Crippen LogP) is 5.41. The molecule has 0 N–H and O–H groups in total. The van der Waals surface area contributed by atoms with Crippen LogP contribution < -0.4 is 29.1 Å². The lowest BCUT2D eigenvalue weighted by molar-refractivity contribution is -0.139. The van der Waals surface area contributed by atoms with Gasteiger partial charge < -0.3 is 18.9 Å². The van der Waals surface area contributed by atoms with Crippen molar-refractivity contribution in [3.05, 3.63) is 118 Å². The molecule has 1 aromatic heterocycles. The molecule has 2 aliphatic heterocycles. The highest BCUT2D eigenvalue weighted by Gasteiger charge is 2.34. The van der Waals surface area contributed by atoms with Crippen LogP contribution >= 0.6 is 34.5 Å². The molecule has 0 aliphatic carbocycles. The summed E-state index contributed by atoms with van der Waals surface area (Å²) in [5.41, 5.74) is 2.71. The van der Waals surface area contributed by atoms with Gasteiger partial charge in [-0.2, -0.15) is 0 Å². The predicted molar refractivity (Wildman–Crippen MR) is 160 cm³/mol. The Morgan fingerprint density at radius 1 is 1.10 bits per heavy atom. The fraction of sp³-hybridized carbons (Fsp3) is 0.194. The number of nitrogens with zero attached hydrogens (tertiary/aromatic N) is 2. The number of hydrogen-bond acceptors (Lipinski definition) is 8. The van der Waals surface area contributed by atoms with E-state index < -0.39 is 12.0 Å². The maximum absolute atomic E-state index is 14.0. The standard InChI is InChI=1S/C31H24Cl2N2O6S/c1-3-38-30(37)27-17(2)34-31-35(28(27)20-9-11-24-25(13-20)41-16-40-24)29(36)26(42-31)14-19-6-4-5-7-23(19)39-15-18-8-10-21(32)22(33)12-18/h4-14,28H,3,15-16H2,1-2H3/b26-14-/t28-/m1/s1. The molecule has 0 radical (unpaired) electrons. The van der Waals surface area contributed by atoms with Gasteiger partial charge in [0, 0.05) is 5.56 Å². The summed E-state index contributed by atoms with van der Waals surface area (Å²) in [6.45, 7) is 4.03. The number of carbonyl (C=O) groups excluding carboxylic acids is 1. The molecular weight excluding hydrogens is 599 g/mol. The van der Waals surface area contributed by atoms with Gasteiger partial charge in [0.1, 0.15) is 12.4 Å². The van der Waals surface area contributed by atoms with Crippen molar-refractivity contribution >= 4 is 46.6 Å². The monoisotopic (exact) mass is 622 g/mol. The van der Waals surface area contributed by atoms with E-state index in [1.807, 2.05) is 36.4 Å². The number of benzene rings is 3. The molecule has 0 bridgehead atoms. The van der Waals surface area contributed by atoms with E-state index in [9.17, 15) is 9.59 Å². The topological polar surface area (TPSA) is 88.4 Å². The number of esters is 1. The van der Waals surface area contributed by atoms with Crippen molar-refractivity contribution in [3.8, 4) is 17.2 Å². The number of hydrogen-bond donors (Lipinski definition) is 0. The summed E-state index contributed by atoms with van der Waals surface area (Å²) in [6.07, 6.45) is 1.77. The second-order valence-electron chi connectivity index (χ2n) is 9.49. The summed E-state index contributed by atoms with van der Waals surface area (Å²) >= 11 is 13.4. The van der Waals surface area contributed by atoms with E-state index in [4.69, 9.17) is 42.1 Å². The van der Waals surface area contributed by atoms with Crippen LogP contribution in [0.2, 0.25) is 10.0 Å². The Morgan fingerprint density at radius 2 is 1.90 bits per heavy atom. The first-order valence-corrected chi connectivity index (χ1v) is 14.7. The molecule has 0 fully saturated rings. The molecule has 2 aliphatic rings. The number of allylic oxidation sites excluding steroid dienone is 1. The Labute approximate surface area is 254 Å². The van der Waals surface area contributed by atoms with E-state index in [1.165, 1.54) is 15.9 Å². The van der Waals surface area contributed by atoms with Crippen molar-refractivity contribution in [1.82, 2.24) is 4.57 Å². The lowest BCUT2D eigenvalue weighted by Gasteiger charge is -2.24. The highest BCUT2D eigenvalue weighted by Crippen LogP contribution is 2.38. The quantitative estimate of drug-likeness (QED) is 0.256. The van der Waals surface area contributed by atoms with Crippen molar-refractivity contribution in [2.45, 2.75) is 26.5 Å². The third-order valence-electron chi connectivity index (χ3n) is 6.81. The zero-order chi connectivity index (χ0) is 29.4. The molecule has 1 atom stereocenters. The summed E-state index contributed by atoms with van der Waals surface area (Å²) < 4.78 is 24.5. The number of aromatic nitrogens is 1. The first-order chi connectivity index (χ1) is 20.3. The van der Waals surface area contributed by atoms with Crippen molar-refractivity contribution in [1.29, 1.82) is 0 Å². The average Bonchev–Trinajstić information content (AvgIpc) is 3.57. The van der Waals surface area contributed by atoms with Gasteiger partial charge in [-0.25, -0.2) is 9.79 Å². The first-order valence-electron chi connectivity index (χ1n) is 13.1. The molecule has 214 valence electrons. The van der Waals surface area contributed by atoms with Crippen LogP contribution in [0.1, 0.15) is 36.6 Å². The number of carbonyl (C=O) groups is 1. The third kappa shape index (κ3) is 5.31. The minimum atomic E-state index is -0.766. The van der Waals surface area contributed by atoms with E-state index in [1.54, 1.807) is 44.2 Å². The number of thiazole rings is 1. The van der Waals surface area contributed by atoms with Crippen LogP contribution in [0, 0.1) is 0 Å². The molecule has 0 unspecified atom stereocenters. The Kier molecular flexibility index (Phi) is 7.81. The molecule has 0 saturated carbocycles. The van der Waals surface area contributed by atoms with Crippen LogP contribution in [0.5, 0.6) is 17.2 Å². The van der Waals surface area contributed by atoms with Crippen LogP contribution in [0.25, 0.3) is 6.08 Å². The molecule has 11 heteroatoms. The summed E-state index contributed by atoms with van der Waals surface area (Å²) in [5, 5.41) is 0.915. The molecule has 4 aromatic rings. The lowest BCUT2D eigenvalue weighted by atomic mass is 9.95. The van der Waals surface area contributed by atoms with Gasteiger partial charge >= 0.3 is 5.97 Å². The van der Waals surface area contributed by atoms with E-state index >= 15 is 0 Å². The van der Waals surface area contributed by atoms with Crippen LogP contribution in [-0.2, 0) is 16.1 Å². The van der Waals surface area contributed by atoms with Gasteiger partial charge in [0.15, 0.2) is 16.3 Å². The fourth-order valence-electron chi connectivity index (χ4n) is 4.85. The number of rotatable bonds is 7. The van der Waals surface area contributed by atoms with Crippen molar-refractivity contribution in [2.75, 3.05) is 13.4 Å². The smallest absolute Gasteiger partial charge is 0.338 e. The van der Waals surface area contributed by atoms with Gasteiger partial charge in [-0.15, -0.1) is 0 Å². The summed E-state index contributed by atoms with van der Waals surface area (Å²) in [4.78, 5) is 32.3. The summed E-state index contributed by atoms with van der Waals surface area (Å²) in [5.74, 6) is 1.20. The maximum Gasteiger partial charge on any atom is 0.338 e. The Hall–Kier alpha value is -4.05. The van der Waals surface area contributed by atoms with Crippen LogP contribution in [0.4, 0.5) is 0 Å². The minimum absolute atomic E-state index is 0.105. The molecule has 42 heavy (non-hydrogen) atoms. The van der Waals surface area contributed by atoms with E-state index in [0.29, 0.717) is 59.0 Å². The Bertz CT molecular complexity index is 1930. The van der Waals surface area contributed by atoms with Gasteiger partial charge in [0.2, 0.25) is 6.79 Å². The fourth-order valence-corrected chi connectivity index (χ4v) is 6.21. The molecule has 0 amide bonds. The first kappa shape index (κ1) is 28.1. The van der Waals surface area contributed by atoms with Gasteiger partial charge in [-0.3, -0.25) is 9.36 Å². The largest absolute Gasteiger partial charge is 0.488 e. The highest BCUT2D eigenvalue weighted by atomic mass is 35.5. The SMILES string of the molecule is CCOC(=O)C1=C(C)N=c2s/c(=C\c3ccccc3OCc3ccc(Cl)c(Cl)c3)c(=O)n2[C@@H]1c1ccc2c(c1)OCO2. The molecule has 0 spiro atoms. The van der Waals surface area contributed by atoms with E-state index in [0.717, 1.165) is 5.56 Å². The Balaban J connectivity index is 1.43. The van der Waals surface area contributed by atoms with Crippen molar-refractivity contribution in [3.63, 3.8) is 0 Å². The van der Waals surface area contributed by atoms with Crippen molar-refractivity contribution in [2.24, 2.45) is 4.99 Å². The summed E-state index contributed by atoms with van der Waals surface area (Å²) in [6, 6.07) is 17.4. The molecule has 3 aromatic carbocycles.